The molecule has 1 atom stereocenters. The van der Waals surface area contributed by atoms with E-state index in [0.717, 1.165) is 12.4 Å². The van der Waals surface area contributed by atoms with Crippen molar-refractivity contribution < 1.29 is 5.11 Å². The molecule has 1 N–H and O–H groups in total. The molecule has 2 aromatic rings. The third kappa shape index (κ3) is 3.57. The molecule has 0 fully saturated rings. The lowest BCUT2D eigenvalue weighted by atomic mass is 10.1. The summed E-state index contributed by atoms with van der Waals surface area (Å²) < 4.78 is 1.84. The molecule has 0 aliphatic carbocycles. The maximum atomic E-state index is 10.2. The highest BCUT2D eigenvalue weighted by Gasteiger charge is 2.15. The van der Waals surface area contributed by atoms with E-state index in [9.17, 15) is 5.11 Å². The molecule has 1 unspecified atom stereocenters. The lowest BCUT2D eigenvalue weighted by Gasteiger charge is -2.12. The average Bonchev–Trinajstić information content (AvgIpc) is 2.75. The highest BCUT2D eigenvalue weighted by Crippen LogP contribution is 2.15. The number of nitrogens with zero attached hydrogens (tertiary/aromatic N) is 5. The van der Waals surface area contributed by atoms with E-state index in [4.69, 9.17) is 0 Å². The minimum absolute atomic E-state index is 0.406. The smallest absolute Gasteiger partial charge is 0.138 e. The molecule has 2 rings (SSSR count). The maximum absolute atomic E-state index is 10.2. The van der Waals surface area contributed by atoms with Crippen molar-refractivity contribution in [1.82, 2.24) is 24.7 Å². The monoisotopic (exact) mass is 261 g/mol. The molecule has 0 saturated heterocycles. The summed E-state index contributed by atoms with van der Waals surface area (Å²) in [5, 5.41) is 14.4. The van der Waals surface area contributed by atoms with Crippen molar-refractivity contribution in [1.29, 1.82) is 0 Å². The number of aromatic nitrogens is 5. The first kappa shape index (κ1) is 13.6. The third-order valence-electron chi connectivity index (χ3n) is 2.75. The van der Waals surface area contributed by atoms with Crippen LogP contribution in [0.5, 0.6) is 0 Å². The van der Waals surface area contributed by atoms with E-state index in [1.807, 2.05) is 4.68 Å². The molecule has 19 heavy (non-hydrogen) atoms. The molecule has 2 heterocycles. The fourth-order valence-corrected chi connectivity index (χ4v) is 1.88. The van der Waals surface area contributed by atoms with E-state index in [2.05, 4.69) is 33.9 Å². The first-order chi connectivity index (χ1) is 9.06. The second-order valence-electron chi connectivity index (χ2n) is 5.00. The minimum Gasteiger partial charge on any atom is -0.386 e. The Morgan fingerprint density at radius 2 is 2.11 bits per heavy atom. The molecule has 0 aliphatic heterocycles. The lowest BCUT2D eigenvalue weighted by molar-refractivity contribution is 0.168. The van der Waals surface area contributed by atoms with E-state index in [1.54, 1.807) is 19.2 Å². The topological polar surface area (TPSA) is 76.7 Å². The van der Waals surface area contributed by atoms with Crippen LogP contribution >= 0.6 is 0 Å². The number of aryl methyl sites for hydroxylation is 1. The van der Waals surface area contributed by atoms with E-state index >= 15 is 0 Å². The molecule has 6 heteroatoms. The summed E-state index contributed by atoms with van der Waals surface area (Å²) in [5.41, 5.74) is 0.617. The van der Waals surface area contributed by atoms with Crippen molar-refractivity contribution in [2.75, 3.05) is 0 Å². The van der Waals surface area contributed by atoms with Gasteiger partial charge in [-0.2, -0.15) is 5.10 Å². The van der Waals surface area contributed by atoms with Gasteiger partial charge in [0.2, 0.25) is 0 Å². The Bertz CT molecular complexity index is 537. The van der Waals surface area contributed by atoms with Crippen LogP contribution in [0.15, 0.2) is 18.6 Å². The normalized spacial score (nSPS) is 12.9. The van der Waals surface area contributed by atoms with Crippen LogP contribution in [0, 0.1) is 12.8 Å². The number of rotatable bonds is 5. The van der Waals surface area contributed by atoms with Crippen LogP contribution in [0.25, 0.3) is 0 Å². The fourth-order valence-electron chi connectivity index (χ4n) is 1.88. The van der Waals surface area contributed by atoms with Crippen molar-refractivity contribution in [3.8, 4) is 0 Å². The van der Waals surface area contributed by atoms with Crippen LogP contribution in [0.2, 0.25) is 0 Å². The van der Waals surface area contributed by atoms with Gasteiger partial charge < -0.3 is 5.11 Å². The molecule has 6 nitrogen and oxygen atoms in total. The van der Waals surface area contributed by atoms with Crippen LogP contribution in [0.1, 0.15) is 37.3 Å². The zero-order valence-electron chi connectivity index (χ0n) is 11.5. The van der Waals surface area contributed by atoms with Gasteiger partial charge in [0.1, 0.15) is 24.1 Å². The first-order valence-electron chi connectivity index (χ1n) is 6.40. The van der Waals surface area contributed by atoms with Crippen LogP contribution < -0.4 is 0 Å². The summed E-state index contributed by atoms with van der Waals surface area (Å²) >= 11 is 0. The van der Waals surface area contributed by atoms with Gasteiger partial charge in [0.25, 0.3) is 0 Å². The molecule has 0 aliphatic rings. The highest BCUT2D eigenvalue weighted by atomic mass is 16.3. The first-order valence-corrected chi connectivity index (χ1v) is 6.40. The zero-order chi connectivity index (χ0) is 13.8. The van der Waals surface area contributed by atoms with Gasteiger partial charge in [-0.05, 0) is 18.9 Å². The molecule has 0 spiro atoms. The molecule has 0 amide bonds. The fraction of sp³-hybridized carbons (Fsp3) is 0.538. The SMILES string of the molecule is Cc1nccc(C(O)Cc2ncnn2CC(C)C)n1. The summed E-state index contributed by atoms with van der Waals surface area (Å²) in [7, 11) is 0. The molecular formula is C13H19N5O. The van der Waals surface area contributed by atoms with E-state index in [0.29, 0.717) is 23.9 Å². The molecular weight excluding hydrogens is 242 g/mol. The molecule has 0 saturated carbocycles. The Morgan fingerprint density at radius 1 is 1.32 bits per heavy atom. The molecule has 2 aromatic heterocycles. The number of hydrogen-bond donors (Lipinski definition) is 1. The summed E-state index contributed by atoms with van der Waals surface area (Å²) in [5.74, 6) is 1.91. The minimum atomic E-state index is -0.684. The summed E-state index contributed by atoms with van der Waals surface area (Å²) in [6.07, 6.45) is 2.90. The van der Waals surface area contributed by atoms with Gasteiger partial charge in [-0.1, -0.05) is 13.8 Å². The van der Waals surface area contributed by atoms with Gasteiger partial charge in [-0.25, -0.2) is 19.6 Å². The van der Waals surface area contributed by atoms with Gasteiger partial charge in [-0.15, -0.1) is 0 Å². The van der Waals surface area contributed by atoms with Gasteiger partial charge in [0.15, 0.2) is 0 Å². The van der Waals surface area contributed by atoms with Crippen molar-refractivity contribution in [3.05, 3.63) is 35.9 Å². The maximum Gasteiger partial charge on any atom is 0.138 e. The number of aliphatic hydroxyl groups excluding tert-OH is 1. The summed E-state index contributed by atoms with van der Waals surface area (Å²) in [6.45, 7) is 6.84. The molecule has 102 valence electrons. The van der Waals surface area contributed by atoms with E-state index in [1.165, 1.54) is 6.33 Å². The summed E-state index contributed by atoms with van der Waals surface area (Å²) in [6, 6.07) is 1.72. The third-order valence-corrected chi connectivity index (χ3v) is 2.75. The Morgan fingerprint density at radius 3 is 2.79 bits per heavy atom. The van der Waals surface area contributed by atoms with Crippen molar-refractivity contribution in [2.24, 2.45) is 5.92 Å². The van der Waals surface area contributed by atoms with E-state index in [-0.39, 0.29) is 0 Å². The van der Waals surface area contributed by atoms with Gasteiger partial charge in [0.05, 0.1) is 5.69 Å². The average molecular weight is 261 g/mol. The predicted molar refractivity (Wildman–Crippen MR) is 70.3 cm³/mol. The van der Waals surface area contributed by atoms with Crippen molar-refractivity contribution >= 4 is 0 Å². The van der Waals surface area contributed by atoms with E-state index < -0.39 is 6.10 Å². The molecule has 0 bridgehead atoms. The Hall–Kier alpha value is -1.82. The Labute approximate surface area is 112 Å². The van der Waals surface area contributed by atoms with Crippen molar-refractivity contribution in [2.45, 2.75) is 39.8 Å². The second-order valence-corrected chi connectivity index (χ2v) is 5.00. The predicted octanol–water partition coefficient (Wildman–Crippen LogP) is 1.31. The quantitative estimate of drug-likeness (QED) is 0.878. The number of hydrogen-bond acceptors (Lipinski definition) is 5. The van der Waals surface area contributed by atoms with Gasteiger partial charge >= 0.3 is 0 Å². The van der Waals surface area contributed by atoms with Crippen molar-refractivity contribution in [3.63, 3.8) is 0 Å². The summed E-state index contributed by atoms with van der Waals surface area (Å²) in [4.78, 5) is 12.5. The van der Waals surface area contributed by atoms with Crippen LogP contribution in [-0.4, -0.2) is 29.8 Å². The van der Waals surface area contributed by atoms with Gasteiger partial charge in [-0.3, -0.25) is 0 Å². The zero-order valence-corrected chi connectivity index (χ0v) is 11.5. The number of aliphatic hydroxyl groups is 1. The molecule has 0 aromatic carbocycles. The lowest BCUT2D eigenvalue weighted by Crippen LogP contribution is -2.14. The van der Waals surface area contributed by atoms with Crippen LogP contribution in [0.4, 0.5) is 0 Å². The molecule has 0 radical (unpaired) electrons. The van der Waals surface area contributed by atoms with Crippen LogP contribution in [-0.2, 0) is 13.0 Å². The Balaban J connectivity index is 2.10. The van der Waals surface area contributed by atoms with Gasteiger partial charge in [0, 0.05) is 19.2 Å². The highest BCUT2D eigenvalue weighted by molar-refractivity contribution is 5.07. The second kappa shape index (κ2) is 5.88. The Kier molecular flexibility index (Phi) is 4.21. The standard InChI is InChI=1S/C13H19N5O/c1-9(2)7-18-13(15-8-16-18)6-12(19)11-4-5-14-10(3)17-11/h4-5,8-9,12,19H,6-7H2,1-3H3. The van der Waals surface area contributed by atoms with Crippen LogP contribution in [0.3, 0.4) is 0 Å². The largest absolute Gasteiger partial charge is 0.386 e.